The highest BCUT2D eigenvalue weighted by Crippen LogP contribution is 2.30. The summed E-state index contributed by atoms with van der Waals surface area (Å²) >= 11 is 1.02. The molecule has 1 aromatic carbocycles. The minimum atomic E-state index is -0.800. The van der Waals surface area contributed by atoms with Crippen molar-refractivity contribution in [2.24, 2.45) is 0 Å². The molecule has 1 amide bonds. The summed E-state index contributed by atoms with van der Waals surface area (Å²) in [5, 5.41) is 11.6. The van der Waals surface area contributed by atoms with Gasteiger partial charge >= 0.3 is 0 Å². The summed E-state index contributed by atoms with van der Waals surface area (Å²) in [5.74, 6) is -1.63. The van der Waals surface area contributed by atoms with E-state index in [1.807, 2.05) is 0 Å². The highest BCUT2D eigenvalue weighted by atomic mass is 32.2. The Balaban J connectivity index is 2.01. The molecule has 6 heteroatoms. The lowest BCUT2D eigenvalue weighted by molar-refractivity contribution is -0.121. The van der Waals surface area contributed by atoms with E-state index >= 15 is 0 Å². The number of nitrogens with one attached hydrogen (secondary N) is 1. The fourth-order valence-corrected chi connectivity index (χ4v) is 3.44. The number of carbonyl (C=O) groups excluding carboxylic acids is 1. The van der Waals surface area contributed by atoms with Crippen LogP contribution in [0.2, 0.25) is 0 Å². The number of hydrogen-bond acceptors (Lipinski definition) is 3. The van der Waals surface area contributed by atoms with Gasteiger partial charge in [0.25, 0.3) is 0 Å². The van der Waals surface area contributed by atoms with Gasteiger partial charge in [0.1, 0.15) is 17.2 Å². The largest absolute Gasteiger partial charge is 0.337 e. The van der Waals surface area contributed by atoms with E-state index in [9.17, 15) is 18.8 Å². The van der Waals surface area contributed by atoms with Gasteiger partial charge in [-0.3, -0.25) is 4.79 Å². The average molecular weight is 324 g/mol. The van der Waals surface area contributed by atoms with Gasteiger partial charge in [0.05, 0.1) is 11.3 Å². The summed E-state index contributed by atoms with van der Waals surface area (Å²) in [6, 6.07) is 5.50. The molecule has 0 unspecified atom stereocenters. The molecule has 22 heavy (non-hydrogen) atoms. The van der Waals surface area contributed by atoms with Gasteiger partial charge in [-0.25, -0.2) is 8.78 Å². The molecule has 0 spiro atoms. The van der Waals surface area contributed by atoms with Crippen LogP contribution in [0.3, 0.4) is 0 Å². The summed E-state index contributed by atoms with van der Waals surface area (Å²) < 4.78 is 26.5. The second kappa shape index (κ2) is 7.10. The molecule has 1 aromatic rings. The number of benzene rings is 1. The molecule has 1 N–H and O–H groups in total. The summed E-state index contributed by atoms with van der Waals surface area (Å²) in [7, 11) is 0. The van der Waals surface area contributed by atoms with Crippen molar-refractivity contribution in [2.75, 3.05) is 0 Å². The normalized spacial score (nSPS) is 18.3. The van der Waals surface area contributed by atoms with Crippen LogP contribution in [0.25, 0.3) is 0 Å². The topological polar surface area (TPSA) is 52.9 Å². The Morgan fingerprint density at radius 2 is 2.05 bits per heavy atom. The number of rotatable bonds is 4. The van der Waals surface area contributed by atoms with Gasteiger partial charge in [-0.1, -0.05) is 19.3 Å². The SMILES string of the molecule is C[C@H](Sc1ccc(F)cc1F)C(=O)NC1(C#N)CCCCC1. The van der Waals surface area contributed by atoms with Crippen molar-refractivity contribution in [3.8, 4) is 6.07 Å². The van der Waals surface area contributed by atoms with Gasteiger partial charge in [0, 0.05) is 11.0 Å². The molecule has 1 aliphatic rings. The van der Waals surface area contributed by atoms with Crippen molar-refractivity contribution in [3.63, 3.8) is 0 Å². The Morgan fingerprint density at radius 3 is 2.64 bits per heavy atom. The predicted octanol–water partition coefficient (Wildman–Crippen LogP) is 3.79. The first-order valence-corrected chi connectivity index (χ1v) is 8.19. The zero-order valence-electron chi connectivity index (χ0n) is 12.4. The molecule has 1 fully saturated rings. The Kier molecular flexibility index (Phi) is 5.41. The minimum Gasteiger partial charge on any atom is -0.337 e. The van der Waals surface area contributed by atoms with Gasteiger partial charge < -0.3 is 5.32 Å². The smallest absolute Gasteiger partial charge is 0.234 e. The van der Waals surface area contributed by atoms with Crippen LogP contribution in [0.4, 0.5) is 8.78 Å². The molecule has 3 nitrogen and oxygen atoms in total. The fourth-order valence-electron chi connectivity index (χ4n) is 2.57. The maximum atomic E-state index is 13.6. The van der Waals surface area contributed by atoms with Crippen LogP contribution in [0, 0.1) is 23.0 Å². The lowest BCUT2D eigenvalue weighted by atomic mass is 9.83. The van der Waals surface area contributed by atoms with Crippen molar-refractivity contribution in [3.05, 3.63) is 29.8 Å². The van der Waals surface area contributed by atoms with E-state index in [0.717, 1.165) is 43.2 Å². The molecule has 0 heterocycles. The quantitative estimate of drug-likeness (QED) is 0.857. The second-order valence-electron chi connectivity index (χ2n) is 5.58. The van der Waals surface area contributed by atoms with E-state index < -0.39 is 22.4 Å². The number of thioether (sulfide) groups is 1. The van der Waals surface area contributed by atoms with Crippen LogP contribution >= 0.6 is 11.8 Å². The highest BCUT2D eigenvalue weighted by Gasteiger charge is 2.34. The number of carbonyl (C=O) groups is 1. The number of nitriles is 1. The number of amides is 1. The molecular formula is C16H18F2N2OS. The zero-order chi connectivity index (χ0) is 16.2. The molecule has 118 valence electrons. The Morgan fingerprint density at radius 1 is 1.36 bits per heavy atom. The van der Waals surface area contributed by atoms with Crippen LogP contribution in [0.15, 0.2) is 23.1 Å². The van der Waals surface area contributed by atoms with Gasteiger partial charge in [-0.05, 0) is 31.9 Å². The van der Waals surface area contributed by atoms with Crippen molar-refractivity contribution >= 4 is 17.7 Å². The zero-order valence-corrected chi connectivity index (χ0v) is 13.2. The lowest BCUT2D eigenvalue weighted by Gasteiger charge is -2.32. The van der Waals surface area contributed by atoms with E-state index in [0.29, 0.717) is 12.8 Å². The molecule has 0 aliphatic heterocycles. The summed E-state index contributed by atoms with van der Waals surface area (Å²) in [6.07, 6.45) is 4.21. The van der Waals surface area contributed by atoms with Gasteiger partial charge in [0.2, 0.25) is 5.91 Å². The standard InChI is InChI=1S/C16H18F2N2OS/c1-11(22-14-6-5-12(17)9-13(14)18)15(21)20-16(10-19)7-3-2-4-8-16/h5-6,9,11H,2-4,7-8H2,1H3,(H,20,21)/t11-/m0/s1. The lowest BCUT2D eigenvalue weighted by Crippen LogP contribution is -2.50. The molecular weight excluding hydrogens is 306 g/mol. The van der Waals surface area contributed by atoms with E-state index in [2.05, 4.69) is 11.4 Å². The Labute approximate surface area is 133 Å². The van der Waals surface area contributed by atoms with E-state index in [4.69, 9.17) is 0 Å². The van der Waals surface area contributed by atoms with Crippen LogP contribution in [0.5, 0.6) is 0 Å². The third-order valence-corrected chi connectivity index (χ3v) is 5.00. The van der Waals surface area contributed by atoms with E-state index in [-0.39, 0.29) is 10.8 Å². The van der Waals surface area contributed by atoms with Gasteiger partial charge in [0.15, 0.2) is 0 Å². The average Bonchev–Trinajstić information content (AvgIpc) is 2.51. The van der Waals surface area contributed by atoms with E-state index in [1.165, 1.54) is 6.07 Å². The molecule has 0 radical (unpaired) electrons. The van der Waals surface area contributed by atoms with Crippen LogP contribution in [0.1, 0.15) is 39.0 Å². The molecule has 1 saturated carbocycles. The maximum Gasteiger partial charge on any atom is 0.234 e. The monoisotopic (exact) mass is 324 g/mol. The van der Waals surface area contributed by atoms with Crippen LogP contribution < -0.4 is 5.32 Å². The third kappa shape index (κ3) is 3.98. The Hall–Kier alpha value is -1.61. The van der Waals surface area contributed by atoms with Crippen LogP contribution in [-0.4, -0.2) is 16.7 Å². The van der Waals surface area contributed by atoms with Crippen molar-refractivity contribution in [2.45, 2.75) is 54.7 Å². The molecule has 0 aromatic heterocycles. The summed E-state index contributed by atoms with van der Waals surface area (Å²) in [4.78, 5) is 12.5. The first-order valence-electron chi connectivity index (χ1n) is 7.31. The molecule has 1 aliphatic carbocycles. The number of nitrogens with zero attached hydrogens (tertiary/aromatic N) is 1. The van der Waals surface area contributed by atoms with Crippen molar-refractivity contribution in [1.82, 2.24) is 5.32 Å². The van der Waals surface area contributed by atoms with Gasteiger partial charge in [-0.15, -0.1) is 11.8 Å². The fraction of sp³-hybridized carbons (Fsp3) is 0.500. The predicted molar refractivity (Wildman–Crippen MR) is 81.2 cm³/mol. The molecule has 2 rings (SSSR count). The molecule has 0 saturated heterocycles. The number of halogens is 2. The van der Waals surface area contributed by atoms with Crippen molar-refractivity contribution in [1.29, 1.82) is 5.26 Å². The van der Waals surface area contributed by atoms with Crippen LogP contribution in [-0.2, 0) is 4.79 Å². The third-order valence-electron chi connectivity index (χ3n) is 3.85. The maximum absolute atomic E-state index is 13.6. The number of hydrogen-bond donors (Lipinski definition) is 1. The second-order valence-corrected chi connectivity index (χ2v) is 6.96. The molecule has 0 bridgehead atoms. The molecule has 1 atom stereocenters. The van der Waals surface area contributed by atoms with Gasteiger partial charge in [-0.2, -0.15) is 5.26 Å². The highest BCUT2D eigenvalue weighted by molar-refractivity contribution is 8.00. The van der Waals surface area contributed by atoms with E-state index in [1.54, 1.807) is 6.92 Å². The van der Waals surface area contributed by atoms with Crippen molar-refractivity contribution < 1.29 is 13.6 Å². The first-order chi connectivity index (χ1) is 10.5. The minimum absolute atomic E-state index is 0.221. The first kappa shape index (κ1) is 16.8. The summed E-state index contributed by atoms with van der Waals surface area (Å²) in [5.41, 5.74) is -0.800. The summed E-state index contributed by atoms with van der Waals surface area (Å²) in [6.45, 7) is 1.65. The Bertz CT molecular complexity index is 594.